The van der Waals surface area contributed by atoms with Crippen molar-refractivity contribution in [1.29, 1.82) is 0 Å². The lowest BCUT2D eigenvalue weighted by molar-refractivity contribution is -0.152. The van der Waals surface area contributed by atoms with Crippen molar-refractivity contribution in [1.82, 2.24) is 0 Å². The molecule has 5 heteroatoms. The Bertz CT molecular complexity index is 574. The molecule has 1 saturated heterocycles. The summed E-state index contributed by atoms with van der Waals surface area (Å²) < 4.78 is 11.0. The van der Waals surface area contributed by atoms with Crippen LogP contribution in [0.1, 0.15) is 33.6 Å². The fraction of sp³-hybridized carbons (Fsp3) is 0.647. The molecule has 3 aliphatic rings. The van der Waals surface area contributed by atoms with Gasteiger partial charge in [0, 0.05) is 30.8 Å². The summed E-state index contributed by atoms with van der Waals surface area (Å²) in [6.45, 7) is 8.95. The van der Waals surface area contributed by atoms with Gasteiger partial charge in [0.25, 0.3) is 0 Å². The number of esters is 2. The third-order valence-corrected chi connectivity index (χ3v) is 5.40. The highest BCUT2D eigenvalue weighted by molar-refractivity contribution is 5.91. The second-order valence-corrected chi connectivity index (χ2v) is 6.95. The Hall–Kier alpha value is -1.62. The van der Waals surface area contributed by atoms with Crippen LogP contribution in [0, 0.1) is 17.8 Å². The molecule has 0 amide bonds. The van der Waals surface area contributed by atoms with Crippen molar-refractivity contribution < 1.29 is 24.2 Å². The van der Waals surface area contributed by atoms with Gasteiger partial charge in [-0.05, 0) is 20.3 Å². The van der Waals surface area contributed by atoms with Gasteiger partial charge in [-0.1, -0.05) is 18.2 Å². The molecule has 0 radical (unpaired) electrons. The number of ether oxygens (including phenoxy) is 2. The number of fused-ring (bicyclic) bond motifs is 3. The third-order valence-electron chi connectivity index (χ3n) is 5.40. The maximum Gasteiger partial charge on any atom is 0.334 e. The highest BCUT2D eigenvalue weighted by Crippen LogP contribution is 2.52. The van der Waals surface area contributed by atoms with Crippen molar-refractivity contribution in [2.45, 2.75) is 51.4 Å². The first kappa shape index (κ1) is 15.3. The summed E-state index contributed by atoms with van der Waals surface area (Å²) in [5, 5.41) is 10.9. The average molecular weight is 306 g/mol. The van der Waals surface area contributed by atoms with Crippen LogP contribution >= 0.6 is 0 Å². The first-order valence-corrected chi connectivity index (χ1v) is 7.68. The van der Waals surface area contributed by atoms with E-state index in [0.29, 0.717) is 5.57 Å². The van der Waals surface area contributed by atoms with Crippen LogP contribution in [0.2, 0.25) is 0 Å². The lowest BCUT2D eigenvalue weighted by Crippen LogP contribution is -2.40. The van der Waals surface area contributed by atoms with Crippen LogP contribution in [-0.2, 0) is 19.1 Å². The maximum absolute atomic E-state index is 12.0. The summed E-state index contributed by atoms with van der Waals surface area (Å²) in [5.74, 6) is -1.33. The summed E-state index contributed by atoms with van der Waals surface area (Å²) in [5.41, 5.74) is 0.467. The average Bonchev–Trinajstić information content (AvgIpc) is 2.87. The molecule has 0 spiro atoms. The van der Waals surface area contributed by atoms with Gasteiger partial charge < -0.3 is 14.6 Å². The van der Waals surface area contributed by atoms with Gasteiger partial charge in [-0.2, -0.15) is 0 Å². The normalized spacial score (nSPS) is 43.8. The van der Waals surface area contributed by atoms with Crippen LogP contribution in [0.5, 0.6) is 0 Å². The minimum absolute atomic E-state index is 0.0424. The van der Waals surface area contributed by atoms with Gasteiger partial charge in [0.05, 0.1) is 11.5 Å². The van der Waals surface area contributed by atoms with E-state index in [0.717, 1.165) is 12.0 Å². The highest BCUT2D eigenvalue weighted by atomic mass is 16.6. The number of carbonyl (C=O) groups is 2. The van der Waals surface area contributed by atoms with E-state index in [4.69, 9.17) is 9.47 Å². The highest BCUT2D eigenvalue weighted by Gasteiger charge is 2.58. The molecule has 0 unspecified atom stereocenters. The van der Waals surface area contributed by atoms with Gasteiger partial charge in [0.15, 0.2) is 0 Å². The third kappa shape index (κ3) is 2.19. The van der Waals surface area contributed by atoms with Crippen LogP contribution in [0.25, 0.3) is 0 Å². The summed E-state index contributed by atoms with van der Waals surface area (Å²) >= 11 is 0. The molecule has 1 heterocycles. The van der Waals surface area contributed by atoms with E-state index < -0.39 is 29.7 Å². The van der Waals surface area contributed by atoms with E-state index in [9.17, 15) is 14.7 Å². The molecule has 6 atom stereocenters. The van der Waals surface area contributed by atoms with Gasteiger partial charge in [-0.3, -0.25) is 4.79 Å². The molecular formula is C17H22O5. The molecule has 1 N–H and O–H groups in total. The molecule has 0 aromatic heterocycles. The molecule has 1 aliphatic heterocycles. The van der Waals surface area contributed by atoms with Crippen molar-refractivity contribution >= 4 is 11.9 Å². The molecule has 2 fully saturated rings. The first-order chi connectivity index (χ1) is 10.2. The van der Waals surface area contributed by atoms with Gasteiger partial charge in [-0.25, -0.2) is 4.79 Å². The SMILES string of the molecule is C=C1C(=O)O[C@H]2[C@@H]1[C@@H](OC(C)=O)C[C@@](C)(O)[C@H]1CC=C(C)[C@@H]21. The number of carbonyl (C=O) groups excluding carboxylic acids is 2. The standard InChI is InChI=1S/C17H22O5/c1-8-5-6-11-13(8)15-14(9(2)16(19)22-15)12(21-10(3)18)7-17(11,4)20/h5,11-15,20H,2,6-7H2,1,3-4H3/t11-,12-,13+,14-,15+,17+/m0/s1. The van der Waals surface area contributed by atoms with Crippen LogP contribution in [0.15, 0.2) is 23.8 Å². The van der Waals surface area contributed by atoms with E-state index in [1.54, 1.807) is 6.92 Å². The topological polar surface area (TPSA) is 72.8 Å². The molecule has 2 aliphatic carbocycles. The molecule has 1 saturated carbocycles. The Morgan fingerprint density at radius 3 is 2.82 bits per heavy atom. The van der Waals surface area contributed by atoms with E-state index in [2.05, 4.69) is 12.7 Å². The van der Waals surface area contributed by atoms with Gasteiger partial charge >= 0.3 is 11.9 Å². The molecule has 0 aromatic carbocycles. The van der Waals surface area contributed by atoms with Crippen molar-refractivity contribution in [3.8, 4) is 0 Å². The number of hydrogen-bond donors (Lipinski definition) is 1. The zero-order valence-corrected chi connectivity index (χ0v) is 13.2. The van der Waals surface area contributed by atoms with Gasteiger partial charge in [0.1, 0.15) is 12.2 Å². The van der Waals surface area contributed by atoms with Crippen LogP contribution in [-0.4, -0.2) is 34.9 Å². The monoisotopic (exact) mass is 306 g/mol. The van der Waals surface area contributed by atoms with E-state index in [-0.39, 0.29) is 24.2 Å². The minimum atomic E-state index is -0.990. The van der Waals surface area contributed by atoms with Crippen molar-refractivity contribution in [3.63, 3.8) is 0 Å². The molecule has 120 valence electrons. The number of rotatable bonds is 1. The summed E-state index contributed by atoms with van der Waals surface area (Å²) in [7, 11) is 0. The van der Waals surface area contributed by atoms with Crippen molar-refractivity contribution in [2.75, 3.05) is 0 Å². The van der Waals surface area contributed by atoms with E-state index in [1.165, 1.54) is 6.92 Å². The summed E-state index contributed by atoms with van der Waals surface area (Å²) in [6, 6.07) is 0. The number of aliphatic hydroxyl groups is 1. The summed E-state index contributed by atoms with van der Waals surface area (Å²) in [6.07, 6.45) is 2.12. The van der Waals surface area contributed by atoms with Crippen LogP contribution in [0.4, 0.5) is 0 Å². The second-order valence-electron chi connectivity index (χ2n) is 6.95. The molecule has 22 heavy (non-hydrogen) atoms. The summed E-state index contributed by atoms with van der Waals surface area (Å²) in [4.78, 5) is 23.4. The number of hydrogen-bond acceptors (Lipinski definition) is 5. The van der Waals surface area contributed by atoms with Crippen LogP contribution < -0.4 is 0 Å². The quantitative estimate of drug-likeness (QED) is 0.454. The first-order valence-electron chi connectivity index (χ1n) is 7.68. The van der Waals surface area contributed by atoms with Gasteiger partial charge in [-0.15, -0.1) is 0 Å². The molecule has 3 rings (SSSR count). The Kier molecular flexibility index (Phi) is 3.44. The maximum atomic E-state index is 12.0. The molecule has 5 nitrogen and oxygen atoms in total. The van der Waals surface area contributed by atoms with E-state index in [1.807, 2.05) is 6.92 Å². The Balaban J connectivity index is 2.05. The second kappa shape index (κ2) is 4.95. The Labute approximate surface area is 130 Å². The molecule has 0 bridgehead atoms. The number of allylic oxidation sites excluding steroid dienone is 1. The largest absolute Gasteiger partial charge is 0.462 e. The van der Waals surface area contributed by atoms with Crippen molar-refractivity contribution in [2.24, 2.45) is 17.8 Å². The minimum Gasteiger partial charge on any atom is -0.462 e. The molecular weight excluding hydrogens is 284 g/mol. The molecule has 0 aromatic rings. The zero-order chi connectivity index (χ0) is 16.2. The zero-order valence-electron chi connectivity index (χ0n) is 13.2. The Morgan fingerprint density at radius 1 is 1.50 bits per heavy atom. The smallest absolute Gasteiger partial charge is 0.334 e. The van der Waals surface area contributed by atoms with Gasteiger partial charge in [0.2, 0.25) is 0 Å². The lowest BCUT2D eigenvalue weighted by Gasteiger charge is -2.34. The van der Waals surface area contributed by atoms with E-state index >= 15 is 0 Å². The fourth-order valence-electron chi connectivity index (χ4n) is 4.40. The lowest BCUT2D eigenvalue weighted by atomic mass is 9.76. The van der Waals surface area contributed by atoms with Crippen LogP contribution in [0.3, 0.4) is 0 Å². The van der Waals surface area contributed by atoms with Crippen molar-refractivity contribution in [3.05, 3.63) is 23.8 Å². The predicted octanol–water partition coefficient (Wildman–Crippen LogP) is 1.75. The fourth-order valence-corrected chi connectivity index (χ4v) is 4.40. The predicted molar refractivity (Wildman–Crippen MR) is 78.7 cm³/mol. The Morgan fingerprint density at radius 2 is 2.18 bits per heavy atom.